The van der Waals surface area contributed by atoms with E-state index in [1.807, 2.05) is 6.07 Å². The quantitative estimate of drug-likeness (QED) is 0.833. The number of carbonyl (C=O) groups is 2. The summed E-state index contributed by atoms with van der Waals surface area (Å²) in [6.45, 7) is 3.55. The number of carbonyl (C=O) groups excluding carboxylic acids is 2. The van der Waals surface area contributed by atoms with Gasteiger partial charge >= 0.3 is 0 Å². The van der Waals surface area contributed by atoms with Gasteiger partial charge in [-0.05, 0) is 17.7 Å². The molecule has 1 unspecified atom stereocenters. The Morgan fingerprint density at radius 1 is 0.955 bits per heavy atom. The number of hydrogen-bond acceptors (Lipinski definition) is 3. The topological polar surface area (TPSA) is 66.4 Å². The van der Waals surface area contributed by atoms with Crippen LogP contribution in [0.5, 0.6) is 0 Å². The van der Waals surface area contributed by atoms with Gasteiger partial charge in [0.25, 0.3) is 0 Å². The lowest BCUT2D eigenvalue weighted by Crippen LogP contribution is -2.21. The van der Waals surface area contributed by atoms with E-state index < -0.39 is 11.9 Å². The number of rotatable bonds is 5. The van der Waals surface area contributed by atoms with Crippen LogP contribution in [0.4, 0.5) is 5.69 Å². The summed E-state index contributed by atoms with van der Waals surface area (Å²) in [5.74, 6) is -0.803. The maximum absolute atomic E-state index is 12.5. The predicted octanol–water partition coefficient (Wildman–Crippen LogP) is 3.20. The van der Waals surface area contributed by atoms with Gasteiger partial charge in [0.2, 0.25) is 5.91 Å². The highest BCUT2D eigenvalue weighted by Crippen LogP contribution is 2.24. The Kier molecular flexibility index (Phi) is 5.07. The van der Waals surface area contributed by atoms with Crippen molar-refractivity contribution in [1.29, 1.82) is 0 Å². The molecule has 0 saturated heterocycles. The molecule has 0 spiro atoms. The summed E-state index contributed by atoms with van der Waals surface area (Å²) >= 11 is 0. The van der Waals surface area contributed by atoms with Crippen LogP contribution in [0.25, 0.3) is 0 Å². The average Bonchev–Trinajstić information content (AvgIpc) is 2.54. The average molecular weight is 297 g/mol. The van der Waals surface area contributed by atoms with Crippen LogP contribution in [-0.2, 0) is 4.79 Å². The third kappa shape index (κ3) is 3.59. The lowest BCUT2D eigenvalue weighted by molar-refractivity contribution is -0.118. The fraction of sp³-hybridized carbons (Fsp3) is 0.222. The van der Waals surface area contributed by atoms with Crippen molar-refractivity contribution < 1.29 is 14.7 Å². The first-order chi connectivity index (χ1) is 10.5. The molecule has 0 saturated carbocycles. The molecule has 2 N–H and O–H groups in total. The molecule has 114 valence electrons. The van der Waals surface area contributed by atoms with Crippen LogP contribution < -0.4 is 5.32 Å². The van der Waals surface area contributed by atoms with E-state index in [1.165, 1.54) is 0 Å². The lowest BCUT2D eigenvalue weighted by Gasteiger charge is -2.15. The Hall–Kier alpha value is -2.46. The zero-order valence-electron chi connectivity index (χ0n) is 12.6. The number of Topliss-reactive ketones (excluding diaryl/α,β-unsaturated/α-hetero) is 1. The van der Waals surface area contributed by atoms with E-state index in [0.717, 1.165) is 0 Å². The number of aliphatic hydroxyl groups is 1. The Morgan fingerprint density at radius 2 is 1.55 bits per heavy atom. The van der Waals surface area contributed by atoms with Gasteiger partial charge in [0.1, 0.15) is 6.10 Å². The largest absolute Gasteiger partial charge is 0.380 e. The van der Waals surface area contributed by atoms with Crippen LogP contribution in [0, 0.1) is 5.92 Å². The molecule has 0 radical (unpaired) electrons. The minimum absolute atomic E-state index is 0.172. The first kappa shape index (κ1) is 15.9. The van der Waals surface area contributed by atoms with Crippen LogP contribution in [0.3, 0.4) is 0 Å². The zero-order valence-corrected chi connectivity index (χ0v) is 12.6. The molecule has 2 aromatic rings. The van der Waals surface area contributed by atoms with Gasteiger partial charge in [-0.1, -0.05) is 56.3 Å². The van der Waals surface area contributed by atoms with E-state index in [0.29, 0.717) is 16.8 Å². The fourth-order valence-corrected chi connectivity index (χ4v) is 2.02. The molecule has 0 aliphatic heterocycles. The van der Waals surface area contributed by atoms with E-state index >= 15 is 0 Å². The Balaban J connectivity index is 2.28. The van der Waals surface area contributed by atoms with Crippen LogP contribution >= 0.6 is 0 Å². The second-order valence-electron chi connectivity index (χ2n) is 5.37. The third-order valence-corrected chi connectivity index (χ3v) is 3.34. The van der Waals surface area contributed by atoms with E-state index in [1.54, 1.807) is 62.4 Å². The highest BCUT2D eigenvalue weighted by molar-refractivity contribution is 6.07. The number of anilines is 1. The number of benzene rings is 2. The van der Waals surface area contributed by atoms with E-state index in [9.17, 15) is 14.7 Å². The number of hydrogen-bond donors (Lipinski definition) is 2. The summed E-state index contributed by atoms with van der Waals surface area (Å²) < 4.78 is 0. The minimum Gasteiger partial charge on any atom is -0.380 e. The summed E-state index contributed by atoms with van der Waals surface area (Å²) in [5, 5.41) is 13.0. The van der Waals surface area contributed by atoms with E-state index in [4.69, 9.17) is 0 Å². The molecule has 4 nitrogen and oxygen atoms in total. The summed E-state index contributed by atoms with van der Waals surface area (Å²) in [6.07, 6.45) is -1.25. The summed E-state index contributed by atoms with van der Waals surface area (Å²) in [5.41, 5.74) is 1.24. The molecule has 2 aromatic carbocycles. The second-order valence-corrected chi connectivity index (χ2v) is 5.37. The molecule has 1 amide bonds. The van der Waals surface area contributed by atoms with Crippen molar-refractivity contribution in [3.63, 3.8) is 0 Å². The standard InChI is InChI=1S/C18H19NO3/c1-12(2)18(22)19-15-11-7-6-10-14(15)17(21)16(20)13-8-4-3-5-9-13/h3-12,16,20H,1-2H3,(H,19,22). The van der Waals surface area contributed by atoms with Crippen LogP contribution in [0.1, 0.15) is 35.9 Å². The van der Waals surface area contributed by atoms with Crippen molar-refractivity contribution in [2.45, 2.75) is 20.0 Å². The van der Waals surface area contributed by atoms with Gasteiger partial charge in [0.05, 0.1) is 5.69 Å². The SMILES string of the molecule is CC(C)C(=O)Nc1ccccc1C(=O)C(O)c1ccccc1. The molecule has 0 aliphatic carbocycles. The molecule has 4 heteroatoms. The maximum Gasteiger partial charge on any atom is 0.226 e. The molecular weight excluding hydrogens is 278 g/mol. The molecule has 2 rings (SSSR count). The number of para-hydroxylation sites is 1. The Morgan fingerprint density at radius 3 is 2.18 bits per heavy atom. The summed E-state index contributed by atoms with van der Waals surface area (Å²) in [4.78, 5) is 24.4. The number of aliphatic hydroxyl groups excluding tert-OH is 1. The molecule has 0 fully saturated rings. The van der Waals surface area contributed by atoms with E-state index in [-0.39, 0.29) is 11.8 Å². The van der Waals surface area contributed by atoms with Crippen molar-refractivity contribution in [3.05, 3.63) is 65.7 Å². The summed E-state index contributed by atoms with van der Waals surface area (Å²) in [6, 6.07) is 15.4. The van der Waals surface area contributed by atoms with Crippen molar-refractivity contribution in [2.24, 2.45) is 5.92 Å². The Bertz CT molecular complexity index is 665. The Labute approximate surface area is 129 Å². The normalized spacial score (nSPS) is 12.0. The van der Waals surface area contributed by atoms with Gasteiger partial charge in [0, 0.05) is 11.5 Å². The van der Waals surface area contributed by atoms with E-state index in [2.05, 4.69) is 5.32 Å². The molecule has 0 aromatic heterocycles. The smallest absolute Gasteiger partial charge is 0.226 e. The lowest BCUT2D eigenvalue weighted by atomic mass is 9.98. The predicted molar refractivity (Wildman–Crippen MR) is 85.6 cm³/mol. The summed E-state index contributed by atoms with van der Waals surface area (Å²) in [7, 11) is 0. The van der Waals surface area contributed by atoms with Crippen molar-refractivity contribution in [1.82, 2.24) is 0 Å². The van der Waals surface area contributed by atoms with Crippen molar-refractivity contribution >= 4 is 17.4 Å². The molecule has 1 atom stereocenters. The van der Waals surface area contributed by atoms with Gasteiger partial charge in [-0.3, -0.25) is 9.59 Å². The first-order valence-corrected chi connectivity index (χ1v) is 7.18. The molecule has 0 bridgehead atoms. The highest BCUT2D eigenvalue weighted by atomic mass is 16.3. The van der Waals surface area contributed by atoms with Crippen LogP contribution in [0.15, 0.2) is 54.6 Å². The second kappa shape index (κ2) is 7.00. The monoisotopic (exact) mass is 297 g/mol. The van der Waals surface area contributed by atoms with Crippen LogP contribution in [0.2, 0.25) is 0 Å². The number of nitrogens with one attached hydrogen (secondary N) is 1. The molecule has 0 heterocycles. The fourth-order valence-electron chi connectivity index (χ4n) is 2.02. The zero-order chi connectivity index (χ0) is 16.1. The van der Waals surface area contributed by atoms with Gasteiger partial charge in [0.15, 0.2) is 5.78 Å². The van der Waals surface area contributed by atoms with Crippen molar-refractivity contribution in [2.75, 3.05) is 5.32 Å². The van der Waals surface area contributed by atoms with Gasteiger partial charge < -0.3 is 10.4 Å². The number of amides is 1. The number of ketones is 1. The first-order valence-electron chi connectivity index (χ1n) is 7.18. The van der Waals surface area contributed by atoms with Gasteiger partial charge in [-0.2, -0.15) is 0 Å². The molecule has 22 heavy (non-hydrogen) atoms. The minimum atomic E-state index is -1.25. The van der Waals surface area contributed by atoms with Gasteiger partial charge in [-0.25, -0.2) is 0 Å². The van der Waals surface area contributed by atoms with Crippen LogP contribution in [-0.4, -0.2) is 16.8 Å². The van der Waals surface area contributed by atoms with Gasteiger partial charge in [-0.15, -0.1) is 0 Å². The molecular formula is C18H19NO3. The molecule has 0 aliphatic rings. The van der Waals surface area contributed by atoms with Crippen molar-refractivity contribution in [3.8, 4) is 0 Å². The highest BCUT2D eigenvalue weighted by Gasteiger charge is 2.22. The third-order valence-electron chi connectivity index (χ3n) is 3.34. The maximum atomic E-state index is 12.5.